The average molecular weight is 158 g/mol. The van der Waals surface area contributed by atoms with Crippen LogP contribution in [0.1, 0.15) is 12.8 Å². The second-order valence-corrected chi connectivity index (χ2v) is 2.95. The Morgan fingerprint density at radius 3 is 3.00 bits per heavy atom. The molecule has 0 bridgehead atoms. The van der Waals surface area contributed by atoms with Gasteiger partial charge in [-0.25, -0.2) is 0 Å². The minimum Gasteiger partial charge on any atom is -0.395 e. The van der Waals surface area contributed by atoms with Crippen LogP contribution in [0.2, 0.25) is 0 Å². The zero-order valence-corrected chi connectivity index (χ0v) is 6.42. The van der Waals surface area contributed by atoms with Crippen LogP contribution in [0.3, 0.4) is 0 Å². The fourth-order valence-corrected chi connectivity index (χ4v) is 1.27. The molecule has 0 radical (unpaired) electrons. The molecule has 0 spiro atoms. The monoisotopic (exact) mass is 158 g/mol. The first-order valence-electron chi connectivity index (χ1n) is 3.87. The molecule has 1 aliphatic heterocycles. The van der Waals surface area contributed by atoms with Gasteiger partial charge in [0.2, 0.25) is 5.91 Å². The van der Waals surface area contributed by atoms with E-state index in [0.717, 1.165) is 6.42 Å². The highest BCUT2D eigenvalue weighted by Gasteiger charge is 2.22. The molecular formula is C7H14N2O2. The van der Waals surface area contributed by atoms with Crippen LogP contribution < -0.4 is 11.1 Å². The van der Waals surface area contributed by atoms with Crippen molar-refractivity contribution in [2.75, 3.05) is 13.2 Å². The van der Waals surface area contributed by atoms with E-state index in [9.17, 15) is 4.79 Å². The molecular weight excluding hydrogens is 144 g/mol. The summed E-state index contributed by atoms with van der Waals surface area (Å²) in [6.45, 7) is 0.612. The van der Waals surface area contributed by atoms with Gasteiger partial charge in [-0.1, -0.05) is 0 Å². The largest absolute Gasteiger partial charge is 0.395 e. The summed E-state index contributed by atoms with van der Waals surface area (Å²) in [6, 6.07) is -0.185. The quantitative estimate of drug-likeness (QED) is 0.474. The second kappa shape index (κ2) is 3.69. The molecule has 1 rings (SSSR count). The minimum absolute atomic E-state index is 0.000533. The number of aliphatic hydroxyl groups excluding tert-OH is 1. The van der Waals surface area contributed by atoms with Crippen LogP contribution in [0.25, 0.3) is 0 Å². The summed E-state index contributed by atoms with van der Waals surface area (Å²) in [5, 5.41) is 11.4. The average Bonchev–Trinajstić information content (AvgIpc) is 2.05. The van der Waals surface area contributed by atoms with E-state index in [1.54, 1.807) is 0 Å². The summed E-state index contributed by atoms with van der Waals surface area (Å²) in [5.74, 6) is 0.337. The van der Waals surface area contributed by atoms with Crippen LogP contribution in [0.4, 0.5) is 0 Å². The Bertz CT molecular complexity index is 139. The van der Waals surface area contributed by atoms with E-state index in [1.165, 1.54) is 0 Å². The summed E-state index contributed by atoms with van der Waals surface area (Å²) in [6.07, 6.45) is 1.34. The molecule has 2 unspecified atom stereocenters. The van der Waals surface area contributed by atoms with Crippen molar-refractivity contribution >= 4 is 5.91 Å². The highest BCUT2D eigenvalue weighted by molar-refractivity contribution is 5.76. The lowest BCUT2D eigenvalue weighted by molar-refractivity contribution is -0.123. The molecule has 1 fully saturated rings. The van der Waals surface area contributed by atoms with E-state index in [0.29, 0.717) is 13.0 Å². The number of piperidine rings is 1. The Balaban J connectivity index is 2.32. The first kappa shape index (κ1) is 8.49. The van der Waals surface area contributed by atoms with Crippen molar-refractivity contribution < 1.29 is 9.90 Å². The number of rotatable bonds is 2. The van der Waals surface area contributed by atoms with Gasteiger partial charge >= 0.3 is 0 Å². The summed E-state index contributed by atoms with van der Waals surface area (Å²) < 4.78 is 0. The van der Waals surface area contributed by atoms with Crippen LogP contribution >= 0.6 is 0 Å². The standard InChI is InChI=1S/C7H14N2O2/c8-6(4-10)5-1-2-7(11)9-3-5/h5-6,10H,1-4,8H2,(H,9,11). The maximum absolute atomic E-state index is 10.7. The van der Waals surface area contributed by atoms with Gasteiger partial charge in [0.15, 0.2) is 0 Å². The number of carbonyl (C=O) groups is 1. The molecule has 0 saturated carbocycles. The highest BCUT2D eigenvalue weighted by Crippen LogP contribution is 2.12. The zero-order chi connectivity index (χ0) is 8.27. The number of carbonyl (C=O) groups excluding carboxylic acids is 1. The Hall–Kier alpha value is -0.610. The van der Waals surface area contributed by atoms with Crippen molar-refractivity contribution in [2.24, 2.45) is 11.7 Å². The normalized spacial score (nSPS) is 27.8. The van der Waals surface area contributed by atoms with Gasteiger partial charge in [-0.2, -0.15) is 0 Å². The maximum Gasteiger partial charge on any atom is 0.220 e. The van der Waals surface area contributed by atoms with Gasteiger partial charge in [0.05, 0.1) is 6.61 Å². The number of aliphatic hydroxyl groups is 1. The van der Waals surface area contributed by atoms with E-state index in [4.69, 9.17) is 10.8 Å². The summed E-state index contributed by atoms with van der Waals surface area (Å²) in [4.78, 5) is 10.7. The predicted octanol–water partition coefficient (Wildman–Crippen LogP) is -1.17. The molecule has 4 N–H and O–H groups in total. The Morgan fingerprint density at radius 1 is 1.82 bits per heavy atom. The maximum atomic E-state index is 10.7. The van der Waals surface area contributed by atoms with E-state index < -0.39 is 0 Å². The van der Waals surface area contributed by atoms with Crippen molar-refractivity contribution in [2.45, 2.75) is 18.9 Å². The molecule has 1 aliphatic rings. The second-order valence-electron chi connectivity index (χ2n) is 2.95. The lowest BCUT2D eigenvalue weighted by Gasteiger charge is -2.26. The first-order chi connectivity index (χ1) is 5.24. The van der Waals surface area contributed by atoms with Gasteiger partial charge in [0, 0.05) is 19.0 Å². The topological polar surface area (TPSA) is 75.3 Å². The summed E-state index contributed by atoms with van der Waals surface area (Å²) >= 11 is 0. The van der Waals surface area contributed by atoms with Gasteiger partial charge in [0.25, 0.3) is 0 Å². The van der Waals surface area contributed by atoms with E-state index in [2.05, 4.69) is 5.32 Å². The highest BCUT2D eigenvalue weighted by atomic mass is 16.3. The lowest BCUT2D eigenvalue weighted by Crippen LogP contribution is -2.45. The van der Waals surface area contributed by atoms with Crippen molar-refractivity contribution in [3.05, 3.63) is 0 Å². The molecule has 1 saturated heterocycles. The molecule has 0 aromatic heterocycles. The lowest BCUT2D eigenvalue weighted by atomic mass is 9.92. The van der Waals surface area contributed by atoms with Crippen LogP contribution in [0.5, 0.6) is 0 Å². The SMILES string of the molecule is NC(CO)C1CCC(=O)NC1. The number of nitrogens with two attached hydrogens (primary N) is 1. The Morgan fingerprint density at radius 2 is 2.55 bits per heavy atom. The molecule has 1 amide bonds. The third kappa shape index (κ3) is 2.17. The molecule has 64 valence electrons. The van der Waals surface area contributed by atoms with Gasteiger partial charge < -0.3 is 16.2 Å². The van der Waals surface area contributed by atoms with Crippen LogP contribution in [-0.2, 0) is 4.79 Å². The number of amides is 1. The van der Waals surface area contributed by atoms with Crippen molar-refractivity contribution in [3.8, 4) is 0 Å². The van der Waals surface area contributed by atoms with Crippen molar-refractivity contribution in [1.82, 2.24) is 5.32 Å². The summed E-state index contributed by atoms with van der Waals surface area (Å²) in [5.41, 5.74) is 5.59. The first-order valence-corrected chi connectivity index (χ1v) is 3.87. The van der Waals surface area contributed by atoms with Crippen molar-refractivity contribution in [1.29, 1.82) is 0 Å². The number of hydrogen-bond acceptors (Lipinski definition) is 3. The van der Waals surface area contributed by atoms with Gasteiger partial charge in [-0.05, 0) is 12.3 Å². The van der Waals surface area contributed by atoms with Crippen LogP contribution in [-0.4, -0.2) is 30.2 Å². The molecule has 4 heteroatoms. The predicted molar refractivity (Wildman–Crippen MR) is 40.8 cm³/mol. The third-order valence-electron chi connectivity index (χ3n) is 2.12. The Kier molecular flexibility index (Phi) is 2.84. The number of hydrogen-bond donors (Lipinski definition) is 3. The molecule has 4 nitrogen and oxygen atoms in total. The zero-order valence-electron chi connectivity index (χ0n) is 6.42. The van der Waals surface area contributed by atoms with E-state index in [1.807, 2.05) is 0 Å². The van der Waals surface area contributed by atoms with E-state index in [-0.39, 0.29) is 24.5 Å². The summed E-state index contributed by atoms with van der Waals surface area (Å²) in [7, 11) is 0. The van der Waals surface area contributed by atoms with Crippen LogP contribution in [0, 0.1) is 5.92 Å². The molecule has 1 heterocycles. The third-order valence-corrected chi connectivity index (χ3v) is 2.12. The fraction of sp³-hybridized carbons (Fsp3) is 0.857. The van der Waals surface area contributed by atoms with Gasteiger partial charge in [-0.3, -0.25) is 4.79 Å². The molecule has 0 aromatic carbocycles. The van der Waals surface area contributed by atoms with E-state index >= 15 is 0 Å². The fourth-order valence-electron chi connectivity index (χ4n) is 1.27. The van der Waals surface area contributed by atoms with Gasteiger partial charge in [0.1, 0.15) is 0 Å². The molecule has 2 atom stereocenters. The molecule has 0 aromatic rings. The minimum atomic E-state index is -0.185. The molecule has 0 aliphatic carbocycles. The number of nitrogens with one attached hydrogen (secondary N) is 1. The van der Waals surface area contributed by atoms with Crippen molar-refractivity contribution in [3.63, 3.8) is 0 Å². The van der Waals surface area contributed by atoms with Gasteiger partial charge in [-0.15, -0.1) is 0 Å². The smallest absolute Gasteiger partial charge is 0.220 e. The molecule has 11 heavy (non-hydrogen) atoms. The Labute approximate surface area is 65.8 Å². The van der Waals surface area contributed by atoms with Crippen LogP contribution in [0.15, 0.2) is 0 Å².